The molecule has 3 rings (SSSR count). The molecule has 0 N–H and O–H groups in total. The second-order valence-electron chi connectivity index (χ2n) is 6.41. The van der Waals surface area contributed by atoms with E-state index < -0.39 is 10.0 Å². The van der Waals surface area contributed by atoms with Crippen molar-refractivity contribution in [3.05, 3.63) is 36.4 Å². The molecule has 0 aromatic carbocycles. The van der Waals surface area contributed by atoms with Crippen molar-refractivity contribution < 1.29 is 17.9 Å². The molecule has 1 saturated heterocycles. The predicted molar refractivity (Wildman–Crippen MR) is 102 cm³/mol. The molecule has 1 aliphatic heterocycles. The number of carbonyl (C=O) groups excluding carboxylic acids is 1. The lowest BCUT2D eigenvalue weighted by molar-refractivity contribution is -0.133. The number of rotatable bonds is 6. The lowest BCUT2D eigenvalue weighted by atomic mass is 10.2. The molecule has 1 amide bonds. The monoisotopic (exact) mass is 405 g/mol. The largest absolute Gasteiger partial charge is 0.384 e. The molecule has 2 aromatic heterocycles. The molecule has 0 saturated carbocycles. The zero-order valence-electron chi connectivity index (χ0n) is 15.9. The van der Waals surface area contributed by atoms with Gasteiger partial charge in [0.1, 0.15) is 4.90 Å². The SMILES string of the molecule is COCCC(=O)N1CCN(S(=O)(=O)c2cnc(-c3cccnc3)nc2C)CC1. The van der Waals surface area contributed by atoms with Crippen molar-refractivity contribution in [3.8, 4) is 11.4 Å². The fourth-order valence-corrected chi connectivity index (χ4v) is 4.53. The number of hydrogen-bond acceptors (Lipinski definition) is 7. The van der Waals surface area contributed by atoms with E-state index in [1.54, 1.807) is 37.4 Å². The molecule has 2 aromatic rings. The van der Waals surface area contributed by atoms with E-state index >= 15 is 0 Å². The van der Waals surface area contributed by atoms with Gasteiger partial charge in [0.05, 0.1) is 24.9 Å². The summed E-state index contributed by atoms with van der Waals surface area (Å²) >= 11 is 0. The Bertz CT molecular complexity index is 928. The lowest BCUT2D eigenvalue weighted by Gasteiger charge is -2.34. The molecule has 0 spiro atoms. The molecule has 0 radical (unpaired) electrons. The predicted octanol–water partition coefficient (Wildman–Crippen LogP) is 0.716. The van der Waals surface area contributed by atoms with Gasteiger partial charge in [0.2, 0.25) is 15.9 Å². The van der Waals surface area contributed by atoms with Crippen molar-refractivity contribution >= 4 is 15.9 Å². The molecule has 0 aliphatic carbocycles. The van der Waals surface area contributed by atoms with Gasteiger partial charge in [-0.2, -0.15) is 4.31 Å². The van der Waals surface area contributed by atoms with Crippen LogP contribution in [0.5, 0.6) is 0 Å². The number of aromatic nitrogens is 3. The third kappa shape index (κ3) is 4.34. The smallest absolute Gasteiger partial charge is 0.246 e. The molecule has 10 heteroatoms. The van der Waals surface area contributed by atoms with Gasteiger partial charge in [-0.1, -0.05) is 0 Å². The van der Waals surface area contributed by atoms with E-state index in [-0.39, 0.29) is 23.9 Å². The summed E-state index contributed by atoms with van der Waals surface area (Å²) in [4.78, 5) is 26.4. The van der Waals surface area contributed by atoms with Crippen LogP contribution in [0.25, 0.3) is 11.4 Å². The first-order chi connectivity index (χ1) is 13.4. The van der Waals surface area contributed by atoms with Gasteiger partial charge >= 0.3 is 0 Å². The molecule has 1 fully saturated rings. The number of pyridine rings is 1. The summed E-state index contributed by atoms with van der Waals surface area (Å²) in [6.07, 6.45) is 4.92. The highest BCUT2D eigenvalue weighted by atomic mass is 32.2. The number of amides is 1. The average molecular weight is 405 g/mol. The van der Waals surface area contributed by atoms with Crippen molar-refractivity contribution in [1.82, 2.24) is 24.2 Å². The van der Waals surface area contributed by atoms with Crippen LogP contribution >= 0.6 is 0 Å². The fraction of sp³-hybridized carbons (Fsp3) is 0.444. The Morgan fingerprint density at radius 1 is 1.21 bits per heavy atom. The summed E-state index contributed by atoms with van der Waals surface area (Å²) in [5.74, 6) is 0.400. The highest BCUT2D eigenvalue weighted by Gasteiger charge is 2.31. The van der Waals surface area contributed by atoms with Gasteiger partial charge in [0.15, 0.2) is 5.82 Å². The Balaban J connectivity index is 1.72. The fourth-order valence-electron chi connectivity index (χ4n) is 3.01. The number of hydrogen-bond donors (Lipinski definition) is 0. The number of nitrogens with zero attached hydrogens (tertiary/aromatic N) is 5. The van der Waals surface area contributed by atoms with E-state index in [1.165, 1.54) is 10.5 Å². The van der Waals surface area contributed by atoms with Gasteiger partial charge < -0.3 is 9.64 Å². The van der Waals surface area contributed by atoms with Crippen LogP contribution in [0.15, 0.2) is 35.6 Å². The zero-order valence-corrected chi connectivity index (χ0v) is 16.7. The van der Waals surface area contributed by atoms with Crippen LogP contribution in [0, 0.1) is 6.92 Å². The first-order valence-electron chi connectivity index (χ1n) is 8.94. The molecule has 9 nitrogen and oxygen atoms in total. The maximum absolute atomic E-state index is 13.0. The molecular formula is C18H23N5O4S. The molecule has 1 aliphatic rings. The minimum atomic E-state index is -3.73. The second kappa shape index (κ2) is 8.72. The van der Waals surface area contributed by atoms with Crippen molar-refractivity contribution in [2.45, 2.75) is 18.2 Å². The van der Waals surface area contributed by atoms with E-state index in [0.29, 0.717) is 37.6 Å². The van der Waals surface area contributed by atoms with Crippen LogP contribution in [0.4, 0.5) is 0 Å². The van der Waals surface area contributed by atoms with Crippen LogP contribution < -0.4 is 0 Å². The Morgan fingerprint density at radius 2 is 1.96 bits per heavy atom. The number of sulfonamides is 1. The van der Waals surface area contributed by atoms with Gasteiger partial charge in [-0.15, -0.1) is 0 Å². The number of carbonyl (C=O) groups is 1. The van der Waals surface area contributed by atoms with E-state index in [4.69, 9.17) is 4.74 Å². The van der Waals surface area contributed by atoms with Crippen molar-refractivity contribution in [2.75, 3.05) is 39.9 Å². The van der Waals surface area contributed by atoms with Gasteiger partial charge in [0.25, 0.3) is 0 Å². The Hall–Kier alpha value is -2.43. The van der Waals surface area contributed by atoms with Gasteiger partial charge in [-0.25, -0.2) is 18.4 Å². The summed E-state index contributed by atoms with van der Waals surface area (Å²) < 4.78 is 32.3. The van der Waals surface area contributed by atoms with Crippen molar-refractivity contribution in [2.24, 2.45) is 0 Å². The topological polar surface area (TPSA) is 106 Å². The van der Waals surface area contributed by atoms with Crippen LogP contribution in [0.1, 0.15) is 12.1 Å². The lowest BCUT2D eigenvalue weighted by Crippen LogP contribution is -2.50. The molecule has 0 unspecified atom stereocenters. The number of piperazine rings is 1. The third-order valence-corrected chi connectivity index (χ3v) is 6.58. The van der Waals surface area contributed by atoms with Crippen molar-refractivity contribution in [3.63, 3.8) is 0 Å². The Labute approximate surface area is 164 Å². The summed E-state index contributed by atoms with van der Waals surface area (Å²) in [5.41, 5.74) is 1.10. The van der Waals surface area contributed by atoms with E-state index in [1.807, 2.05) is 6.07 Å². The minimum Gasteiger partial charge on any atom is -0.384 e. The van der Waals surface area contributed by atoms with Crippen LogP contribution in [0.2, 0.25) is 0 Å². The highest BCUT2D eigenvalue weighted by molar-refractivity contribution is 7.89. The average Bonchev–Trinajstić information content (AvgIpc) is 2.72. The van der Waals surface area contributed by atoms with Gasteiger partial charge in [0, 0.05) is 51.2 Å². The summed E-state index contributed by atoms with van der Waals surface area (Å²) in [6.45, 7) is 3.21. The second-order valence-corrected chi connectivity index (χ2v) is 8.32. The molecular weight excluding hydrogens is 382 g/mol. The quantitative estimate of drug-likeness (QED) is 0.697. The number of methoxy groups -OCH3 is 1. The van der Waals surface area contributed by atoms with Crippen molar-refractivity contribution in [1.29, 1.82) is 0 Å². The normalized spacial score (nSPS) is 15.6. The van der Waals surface area contributed by atoms with E-state index in [0.717, 1.165) is 5.56 Å². The molecule has 0 atom stereocenters. The van der Waals surface area contributed by atoms with Crippen LogP contribution in [-0.2, 0) is 19.6 Å². The number of ether oxygens (including phenoxy) is 1. The minimum absolute atomic E-state index is 0.0285. The number of aryl methyl sites for hydroxylation is 1. The van der Waals surface area contributed by atoms with Gasteiger partial charge in [-0.05, 0) is 19.1 Å². The first kappa shape index (κ1) is 20.3. The van der Waals surface area contributed by atoms with Crippen LogP contribution in [-0.4, -0.2) is 78.4 Å². The maximum atomic E-state index is 13.0. The standard InChI is InChI=1S/C18H23N5O4S/c1-14-16(13-20-18(21-14)15-4-3-6-19-12-15)28(25,26)23-9-7-22(8-10-23)17(24)5-11-27-2/h3-4,6,12-13H,5,7-11H2,1-2H3. The molecule has 28 heavy (non-hydrogen) atoms. The molecule has 0 bridgehead atoms. The Morgan fingerprint density at radius 3 is 2.57 bits per heavy atom. The molecule has 150 valence electrons. The first-order valence-corrected chi connectivity index (χ1v) is 10.4. The maximum Gasteiger partial charge on any atom is 0.246 e. The van der Waals surface area contributed by atoms with E-state index in [2.05, 4.69) is 15.0 Å². The van der Waals surface area contributed by atoms with E-state index in [9.17, 15) is 13.2 Å². The summed E-state index contributed by atoms with van der Waals surface area (Å²) in [5, 5.41) is 0. The Kier molecular flexibility index (Phi) is 6.32. The third-order valence-electron chi connectivity index (χ3n) is 4.58. The van der Waals surface area contributed by atoms with Crippen LogP contribution in [0.3, 0.4) is 0 Å². The molecule has 3 heterocycles. The zero-order chi connectivity index (χ0) is 20.1. The highest BCUT2D eigenvalue weighted by Crippen LogP contribution is 2.22. The summed E-state index contributed by atoms with van der Waals surface area (Å²) in [7, 11) is -2.18. The summed E-state index contributed by atoms with van der Waals surface area (Å²) in [6, 6.07) is 3.59. The van der Waals surface area contributed by atoms with Gasteiger partial charge in [-0.3, -0.25) is 9.78 Å².